The van der Waals surface area contributed by atoms with Crippen LogP contribution in [0.15, 0.2) is 4.52 Å². The molecule has 1 atom stereocenters. The van der Waals surface area contributed by atoms with E-state index in [1.165, 1.54) is 0 Å². The smallest absolute Gasteiger partial charge is 0.227 e. The molecule has 6 nitrogen and oxygen atoms in total. The molecule has 0 radical (unpaired) electrons. The standard InChI is InChI=1S/C10H16N4O2.ClH/c1-7-13-8(14-16-7)5-12-9(15)10(2)3-4-11-6-10;/h11H,3-6H2,1-2H3,(H,12,15);1H. The van der Waals surface area contributed by atoms with Crippen molar-refractivity contribution < 1.29 is 9.32 Å². The Hall–Kier alpha value is -1.14. The van der Waals surface area contributed by atoms with Crippen molar-refractivity contribution in [3.05, 3.63) is 11.7 Å². The Balaban J connectivity index is 0.00000144. The number of hydrogen-bond acceptors (Lipinski definition) is 5. The predicted octanol–water partition coefficient (Wildman–Crippen LogP) is 0.416. The predicted molar refractivity (Wildman–Crippen MR) is 63.7 cm³/mol. The van der Waals surface area contributed by atoms with Gasteiger partial charge in [0.1, 0.15) is 0 Å². The Kier molecular flexibility index (Phi) is 4.47. The van der Waals surface area contributed by atoms with Crippen molar-refractivity contribution >= 4 is 18.3 Å². The summed E-state index contributed by atoms with van der Waals surface area (Å²) < 4.78 is 4.82. The molecule has 2 rings (SSSR count). The fourth-order valence-electron chi connectivity index (χ4n) is 1.80. The third-order valence-corrected chi connectivity index (χ3v) is 2.89. The van der Waals surface area contributed by atoms with E-state index in [9.17, 15) is 4.79 Å². The third-order valence-electron chi connectivity index (χ3n) is 2.89. The maximum Gasteiger partial charge on any atom is 0.227 e. The van der Waals surface area contributed by atoms with Gasteiger partial charge in [-0.2, -0.15) is 4.98 Å². The fourth-order valence-corrected chi connectivity index (χ4v) is 1.80. The quantitative estimate of drug-likeness (QED) is 0.823. The molecule has 0 bridgehead atoms. The largest absolute Gasteiger partial charge is 0.348 e. The molecule has 1 amide bonds. The summed E-state index contributed by atoms with van der Waals surface area (Å²) in [6.45, 7) is 5.63. The van der Waals surface area contributed by atoms with E-state index in [4.69, 9.17) is 4.52 Å². The molecule has 1 aliphatic heterocycles. The molecular formula is C10H17ClN4O2. The van der Waals surface area contributed by atoms with Crippen LogP contribution in [0.4, 0.5) is 0 Å². The second-order valence-electron chi connectivity index (χ2n) is 4.40. The van der Waals surface area contributed by atoms with Gasteiger partial charge in [-0.15, -0.1) is 12.4 Å². The van der Waals surface area contributed by atoms with Crippen molar-refractivity contribution in [2.24, 2.45) is 5.41 Å². The highest BCUT2D eigenvalue weighted by molar-refractivity contribution is 5.85. The molecule has 96 valence electrons. The summed E-state index contributed by atoms with van der Waals surface area (Å²) in [6, 6.07) is 0. The Morgan fingerprint density at radius 1 is 1.65 bits per heavy atom. The average Bonchev–Trinajstić information content (AvgIpc) is 2.85. The summed E-state index contributed by atoms with van der Waals surface area (Å²) in [5.74, 6) is 1.07. The van der Waals surface area contributed by atoms with Crippen LogP contribution in [0.1, 0.15) is 25.1 Å². The molecule has 1 aliphatic rings. The number of carbonyl (C=O) groups excluding carboxylic acids is 1. The Bertz CT molecular complexity index is 387. The van der Waals surface area contributed by atoms with Gasteiger partial charge in [0.2, 0.25) is 11.8 Å². The summed E-state index contributed by atoms with van der Waals surface area (Å²) in [6.07, 6.45) is 0.865. The van der Waals surface area contributed by atoms with Crippen molar-refractivity contribution in [1.29, 1.82) is 0 Å². The van der Waals surface area contributed by atoms with Crippen LogP contribution in [0.2, 0.25) is 0 Å². The van der Waals surface area contributed by atoms with Gasteiger partial charge in [0.25, 0.3) is 0 Å². The van der Waals surface area contributed by atoms with Gasteiger partial charge in [-0.05, 0) is 19.9 Å². The van der Waals surface area contributed by atoms with Crippen molar-refractivity contribution in [3.63, 3.8) is 0 Å². The van der Waals surface area contributed by atoms with Gasteiger partial charge in [-0.1, -0.05) is 5.16 Å². The molecule has 17 heavy (non-hydrogen) atoms. The molecule has 2 N–H and O–H groups in total. The summed E-state index contributed by atoms with van der Waals surface area (Å²) in [7, 11) is 0. The lowest BCUT2D eigenvalue weighted by molar-refractivity contribution is -0.129. The minimum Gasteiger partial charge on any atom is -0.348 e. The van der Waals surface area contributed by atoms with Crippen LogP contribution in [0, 0.1) is 12.3 Å². The van der Waals surface area contributed by atoms with E-state index in [0.29, 0.717) is 18.3 Å². The maximum absolute atomic E-state index is 11.9. The molecule has 0 saturated carbocycles. The lowest BCUT2D eigenvalue weighted by Gasteiger charge is -2.20. The molecular weight excluding hydrogens is 244 g/mol. The topological polar surface area (TPSA) is 80.0 Å². The van der Waals surface area contributed by atoms with Crippen molar-refractivity contribution in [2.45, 2.75) is 26.8 Å². The fraction of sp³-hybridized carbons (Fsp3) is 0.700. The van der Waals surface area contributed by atoms with Gasteiger partial charge in [0, 0.05) is 13.5 Å². The molecule has 1 saturated heterocycles. The molecule has 1 fully saturated rings. The number of nitrogens with zero attached hydrogens (tertiary/aromatic N) is 2. The lowest BCUT2D eigenvalue weighted by Crippen LogP contribution is -2.40. The summed E-state index contributed by atoms with van der Waals surface area (Å²) in [5.41, 5.74) is -0.307. The SMILES string of the molecule is Cc1nc(CNC(=O)C2(C)CCNC2)no1.Cl. The van der Waals surface area contributed by atoms with Crippen molar-refractivity contribution in [2.75, 3.05) is 13.1 Å². The van der Waals surface area contributed by atoms with Crippen LogP contribution in [-0.2, 0) is 11.3 Å². The van der Waals surface area contributed by atoms with Gasteiger partial charge >= 0.3 is 0 Å². The van der Waals surface area contributed by atoms with E-state index >= 15 is 0 Å². The van der Waals surface area contributed by atoms with Crippen LogP contribution in [0.3, 0.4) is 0 Å². The van der Waals surface area contributed by atoms with E-state index in [1.807, 2.05) is 6.92 Å². The summed E-state index contributed by atoms with van der Waals surface area (Å²) >= 11 is 0. The molecule has 0 aromatic carbocycles. The molecule has 2 heterocycles. The molecule has 0 aliphatic carbocycles. The lowest BCUT2D eigenvalue weighted by atomic mass is 9.89. The highest BCUT2D eigenvalue weighted by Crippen LogP contribution is 2.24. The number of halogens is 1. The van der Waals surface area contributed by atoms with Gasteiger partial charge < -0.3 is 15.2 Å². The third kappa shape index (κ3) is 3.17. The average molecular weight is 261 g/mol. The highest BCUT2D eigenvalue weighted by Gasteiger charge is 2.36. The van der Waals surface area contributed by atoms with Gasteiger partial charge in [0.15, 0.2) is 5.82 Å². The second-order valence-corrected chi connectivity index (χ2v) is 4.40. The zero-order valence-electron chi connectivity index (χ0n) is 9.95. The molecule has 1 aromatic heterocycles. The number of hydrogen-bond donors (Lipinski definition) is 2. The second kappa shape index (κ2) is 5.46. The van der Waals surface area contributed by atoms with Crippen molar-refractivity contribution in [3.8, 4) is 0 Å². The van der Waals surface area contributed by atoms with Crippen LogP contribution < -0.4 is 10.6 Å². The zero-order valence-corrected chi connectivity index (χ0v) is 10.8. The van der Waals surface area contributed by atoms with E-state index in [2.05, 4.69) is 20.8 Å². The molecule has 1 aromatic rings. The normalized spacial score (nSPS) is 23.2. The molecule has 1 unspecified atom stereocenters. The first-order valence-electron chi connectivity index (χ1n) is 5.38. The van der Waals surface area contributed by atoms with Crippen LogP contribution in [0.5, 0.6) is 0 Å². The number of rotatable bonds is 3. The number of aryl methyl sites for hydroxylation is 1. The maximum atomic E-state index is 11.9. The highest BCUT2D eigenvalue weighted by atomic mass is 35.5. The van der Waals surface area contributed by atoms with E-state index in [0.717, 1.165) is 19.5 Å². The van der Waals surface area contributed by atoms with Crippen LogP contribution in [-0.4, -0.2) is 29.1 Å². The minimum atomic E-state index is -0.307. The first-order valence-corrected chi connectivity index (χ1v) is 5.38. The Morgan fingerprint density at radius 2 is 2.41 bits per heavy atom. The first kappa shape index (κ1) is 13.9. The summed E-state index contributed by atoms with van der Waals surface area (Å²) in [4.78, 5) is 15.9. The Morgan fingerprint density at radius 3 is 2.94 bits per heavy atom. The Labute approximate surface area is 106 Å². The van der Waals surface area contributed by atoms with E-state index < -0.39 is 0 Å². The number of amides is 1. The minimum absolute atomic E-state index is 0. The molecule has 0 spiro atoms. The van der Waals surface area contributed by atoms with Gasteiger partial charge in [-0.25, -0.2) is 0 Å². The van der Waals surface area contributed by atoms with Gasteiger partial charge in [-0.3, -0.25) is 4.79 Å². The zero-order chi connectivity index (χ0) is 11.6. The van der Waals surface area contributed by atoms with Crippen LogP contribution >= 0.6 is 12.4 Å². The van der Waals surface area contributed by atoms with E-state index in [1.54, 1.807) is 6.92 Å². The number of aromatic nitrogens is 2. The van der Waals surface area contributed by atoms with E-state index in [-0.39, 0.29) is 23.7 Å². The first-order chi connectivity index (χ1) is 7.60. The van der Waals surface area contributed by atoms with Crippen LogP contribution in [0.25, 0.3) is 0 Å². The summed E-state index contributed by atoms with van der Waals surface area (Å²) in [5, 5.41) is 9.74. The monoisotopic (exact) mass is 260 g/mol. The van der Waals surface area contributed by atoms with Crippen molar-refractivity contribution in [1.82, 2.24) is 20.8 Å². The number of carbonyl (C=O) groups is 1. The number of nitrogens with one attached hydrogen (secondary N) is 2. The van der Waals surface area contributed by atoms with Gasteiger partial charge in [0.05, 0.1) is 12.0 Å². The molecule has 7 heteroatoms.